The molecule has 0 amide bonds. The van der Waals surface area contributed by atoms with Crippen LogP contribution >= 0.6 is 0 Å². The first-order chi connectivity index (χ1) is 11.3. The third-order valence-electron chi connectivity index (χ3n) is 2.93. The quantitative estimate of drug-likeness (QED) is 0.833. The molecule has 1 heterocycles. The van der Waals surface area contributed by atoms with E-state index in [1.807, 2.05) is 0 Å². The second-order valence-corrected chi connectivity index (χ2v) is 5.61. The van der Waals surface area contributed by atoms with Crippen LogP contribution in [0.4, 0.5) is 4.79 Å². The predicted molar refractivity (Wildman–Crippen MR) is 87.2 cm³/mol. The highest BCUT2D eigenvalue weighted by Crippen LogP contribution is 2.18. The Bertz CT molecular complexity index is 759. The summed E-state index contributed by atoms with van der Waals surface area (Å²) in [5.41, 5.74) is -0.165. The lowest BCUT2D eigenvalue weighted by molar-refractivity contribution is 0.112. The summed E-state index contributed by atoms with van der Waals surface area (Å²) in [4.78, 5) is 24.6. The summed E-state index contributed by atoms with van der Waals surface area (Å²) in [5.74, 6) is 0.643. The molecular weight excluding hydrogens is 314 g/mol. The van der Waals surface area contributed by atoms with E-state index in [-0.39, 0.29) is 18.2 Å². The van der Waals surface area contributed by atoms with E-state index in [0.717, 1.165) is 0 Å². The summed E-state index contributed by atoms with van der Waals surface area (Å²) in [6.45, 7) is 6.98. The number of nitrogens with zero attached hydrogens (tertiary/aromatic N) is 3. The van der Waals surface area contributed by atoms with E-state index in [4.69, 9.17) is 14.2 Å². The number of aromatic nitrogens is 3. The topological polar surface area (TPSA) is 84.6 Å². The molecule has 2 aromatic rings. The molecule has 2 rings (SSSR count). The maximum absolute atomic E-state index is 12.6. The third kappa shape index (κ3) is 3.76. The van der Waals surface area contributed by atoms with Crippen LogP contribution in [-0.2, 0) is 4.74 Å². The Morgan fingerprint density at radius 2 is 1.71 bits per heavy atom. The number of carbonyl (C=O) groups excluding carboxylic acids is 1. The van der Waals surface area contributed by atoms with Gasteiger partial charge in [0.2, 0.25) is 0 Å². The molecule has 24 heavy (non-hydrogen) atoms. The van der Waals surface area contributed by atoms with Crippen molar-refractivity contribution in [2.45, 2.75) is 39.9 Å². The molecule has 0 radical (unpaired) electrons. The van der Waals surface area contributed by atoms with E-state index >= 15 is 0 Å². The molecule has 0 atom stereocenters. The van der Waals surface area contributed by atoms with Crippen molar-refractivity contribution >= 4 is 6.09 Å². The summed E-state index contributed by atoms with van der Waals surface area (Å²) in [6, 6.07) is 6.76. The minimum Gasteiger partial charge on any atom is -0.497 e. The first kappa shape index (κ1) is 17.6. The van der Waals surface area contributed by atoms with Crippen LogP contribution in [0.5, 0.6) is 11.8 Å². The van der Waals surface area contributed by atoms with Crippen LogP contribution in [0.25, 0.3) is 5.69 Å². The van der Waals surface area contributed by atoms with Crippen molar-refractivity contribution in [3.63, 3.8) is 0 Å². The first-order valence-corrected chi connectivity index (χ1v) is 7.57. The van der Waals surface area contributed by atoms with Gasteiger partial charge in [-0.2, -0.15) is 0 Å². The molecule has 130 valence electrons. The molecule has 0 aliphatic heterocycles. The zero-order valence-electron chi connectivity index (χ0n) is 14.3. The van der Waals surface area contributed by atoms with Gasteiger partial charge >= 0.3 is 17.8 Å². The van der Waals surface area contributed by atoms with E-state index in [1.165, 1.54) is 4.57 Å². The minimum atomic E-state index is -0.851. The Morgan fingerprint density at radius 3 is 2.21 bits per heavy atom. The van der Waals surface area contributed by atoms with Gasteiger partial charge in [-0.25, -0.2) is 14.2 Å². The molecule has 0 aliphatic rings. The van der Waals surface area contributed by atoms with Crippen LogP contribution in [0, 0.1) is 0 Å². The lowest BCUT2D eigenvalue weighted by atomic mass is 10.3. The van der Waals surface area contributed by atoms with Crippen molar-refractivity contribution in [3.05, 3.63) is 34.7 Å². The summed E-state index contributed by atoms with van der Waals surface area (Å²) < 4.78 is 17.6. The van der Waals surface area contributed by atoms with Crippen LogP contribution in [-0.4, -0.2) is 39.8 Å². The Morgan fingerprint density at radius 1 is 1.08 bits per heavy atom. The summed E-state index contributed by atoms with van der Waals surface area (Å²) in [5, 5.41) is 3.96. The predicted octanol–water partition coefficient (Wildman–Crippen LogP) is 2.22. The fraction of sp³-hybridized carbons (Fsp3) is 0.438. The molecule has 8 heteroatoms. The van der Waals surface area contributed by atoms with E-state index in [1.54, 1.807) is 59.1 Å². The molecule has 1 aromatic carbocycles. The molecule has 0 spiro atoms. The Hall–Kier alpha value is -2.77. The van der Waals surface area contributed by atoms with Crippen molar-refractivity contribution < 1.29 is 19.0 Å². The van der Waals surface area contributed by atoms with Crippen LogP contribution in [0.2, 0.25) is 0 Å². The zero-order chi connectivity index (χ0) is 17.9. The lowest BCUT2D eigenvalue weighted by Crippen LogP contribution is -2.31. The van der Waals surface area contributed by atoms with Crippen molar-refractivity contribution in [2.24, 2.45) is 0 Å². The number of benzene rings is 1. The van der Waals surface area contributed by atoms with Gasteiger partial charge in [-0.1, -0.05) is 0 Å². The Balaban J connectivity index is 2.52. The SMILES string of the molecule is COc1ccc(-n2c(OC(C)C)nn(C(=O)OC(C)C)c2=O)cc1. The number of hydrogen-bond donors (Lipinski definition) is 0. The van der Waals surface area contributed by atoms with Crippen molar-refractivity contribution in [3.8, 4) is 17.4 Å². The molecule has 0 saturated carbocycles. The van der Waals surface area contributed by atoms with Crippen LogP contribution < -0.4 is 15.2 Å². The number of methoxy groups -OCH3 is 1. The van der Waals surface area contributed by atoms with Gasteiger partial charge in [0, 0.05) is 0 Å². The smallest absolute Gasteiger partial charge is 0.439 e. The second kappa shape index (κ2) is 7.20. The first-order valence-electron chi connectivity index (χ1n) is 7.57. The molecular formula is C16H21N3O5. The normalized spacial score (nSPS) is 11.0. The number of rotatable bonds is 5. The number of ether oxygens (including phenoxy) is 3. The molecule has 0 bridgehead atoms. The maximum atomic E-state index is 12.6. The van der Waals surface area contributed by atoms with E-state index < -0.39 is 11.8 Å². The molecule has 0 unspecified atom stereocenters. The summed E-state index contributed by atoms with van der Waals surface area (Å²) >= 11 is 0. The van der Waals surface area contributed by atoms with Gasteiger partial charge in [0.1, 0.15) is 5.75 Å². The summed E-state index contributed by atoms with van der Waals surface area (Å²) in [6.07, 6.45) is -1.45. The highest BCUT2D eigenvalue weighted by atomic mass is 16.6. The molecule has 8 nitrogen and oxygen atoms in total. The largest absolute Gasteiger partial charge is 0.497 e. The fourth-order valence-electron chi connectivity index (χ4n) is 1.96. The number of carbonyl (C=O) groups is 1. The molecule has 0 N–H and O–H groups in total. The average molecular weight is 335 g/mol. The van der Waals surface area contributed by atoms with Crippen molar-refractivity contribution in [1.29, 1.82) is 0 Å². The van der Waals surface area contributed by atoms with Crippen LogP contribution in [0.15, 0.2) is 29.1 Å². The second-order valence-electron chi connectivity index (χ2n) is 5.61. The van der Waals surface area contributed by atoms with Gasteiger partial charge < -0.3 is 14.2 Å². The van der Waals surface area contributed by atoms with Gasteiger partial charge in [0.05, 0.1) is 25.0 Å². The van der Waals surface area contributed by atoms with E-state index in [0.29, 0.717) is 16.1 Å². The van der Waals surface area contributed by atoms with Crippen LogP contribution in [0.3, 0.4) is 0 Å². The van der Waals surface area contributed by atoms with Gasteiger partial charge in [-0.05, 0) is 52.0 Å². The molecule has 0 aliphatic carbocycles. The molecule has 0 saturated heterocycles. The molecule has 1 aromatic heterocycles. The third-order valence-corrected chi connectivity index (χ3v) is 2.93. The maximum Gasteiger partial charge on any atom is 0.439 e. The lowest BCUT2D eigenvalue weighted by Gasteiger charge is -2.10. The standard InChI is InChI=1S/C16H21N3O5/c1-10(2)23-14-17-19(16(21)24-11(3)4)15(20)18(14)12-6-8-13(22-5)9-7-12/h6-11H,1-5H3. The van der Waals surface area contributed by atoms with E-state index in [9.17, 15) is 9.59 Å². The summed E-state index contributed by atoms with van der Waals surface area (Å²) in [7, 11) is 1.55. The van der Waals surface area contributed by atoms with Crippen LogP contribution in [0.1, 0.15) is 27.7 Å². The fourth-order valence-corrected chi connectivity index (χ4v) is 1.96. The van der Waals surface area contributed by atoms with Gasteiger partial charge in [0.25, 0.3) is 0 Å². The monoisotopic (exact) mass is 335 g/mol. The van der Waals surface area contributed by atoms with Gasteiger partial charge in [-0.3, -0.25) is 0 Å². The number of hydrogen-bond acceptors (Lipinski definition) is 6. The van der Waals surface area contributed by atoms with Crippen molar-refractivity contribution in [2.75, 3.05) is 7.11 Å². The van der Waals surface area contributed by atoms with Gasteiger partial charge in [0.15, 0.2) is 0 Å². The minimum absolute atomic E-state index is 0.0147. The highest BCUT2D eigenvalue weighted by Gasteiger charge is 2.23. The zero-order valence-corrected chi connectivity index (χ0v) is 14.3. The van der Waals surface area contributed by atoms with E-state index in [2.05, 4.69) is 5.10 Å². The van der Waals surface area contributed by atoms with Gasteiger partial charge in [-0.15, -0.1) is 9.78 Å². The van der Waals surface area contributed by atoms with Crippen molar-refractivity contribution in [1.82, 2.24) is 14.3 Å². The Labute approximate surface area is 139 Å². The highest BCUT2D eigenvalue weighted by molar-refractivity contribution is 5.69. The molecule has 0 fully saturated rings. The Kier molecular flexibility index (Phi) is 5.28. The average Bonchev–Trinajstić information content (AvgIpc) is 2.82.